The fourth-order valence-electron chi connectivity index (χ4n) is 4.09. The number of amides is 1. The topological polar surface area (TPSA) is 126 Å². The molecule has 1 amide bonds. The molecule has 8 heteroatoms. The van der Waals surface area contributed by atoms with Crippen LogP contribution in [0, 0.1) is 0 Å². The smallest absolute Gasteiger partial charge is 0.336 e. The second-order valence-corrected chi connectivity index (χ2v) is 8.19. The molecule has 0 radical (unpaired) electrons. The van der Waals surface area contributed by atoms with Gasteiger partial charge in [-0.3, -0.25) is 9.59 Å². The van der Waals surface area contributed by atoms with Gasteiger partial charge in [-0.05, 0) is 62.2 Å². The summed E-state index contributed by atoms with van der Waals surface area (Å²) in [7, 11) is 0. The van der Waals surface area contributed by atoms with Crippen molar-refractivity contribution in [3.63, 3.8) is 0 Å². The first-order chi connectivity index (χ1) is 16.8. The Morgan fingerprint density at radius 1 is 1.06 bits per heavy atom. The number of aromatic carboxylic acids is 1. The fourth-order valence-corrected chi connectivity index (χ4v) is 4.09. The summed E-state index contributed by atoms with van der Waals surface area (Å²) < 4.78 is 11.3. The minimum absolute atomic E-state index is 0.00335. The summed E-state index contributed by atoms with van der Waals surface area (Å²) in [4.78, 5) is 36.9. The van der Waals surface area contributed by atoms with Crippen LogP contribution in [0.15, 0.2) is 63.8 Å². The van der Waals surface area contributed by atoms with E-state index in [0.717, 1.165) is 0 Å². The summed E-state index contributed by atoms with van der Waals surface area (Å²) in [5.74, 6) is -1.37. The average molecular weight is 475 g/mol. The summed E-state index contributed by atoms with van der Waals surface area (Å²) in [6, 6.07) is 13.2. The first-order valence-electron chi connectivity index (χ1n) is 11.3. The Balaban J connectivity index is 1.80. The molecule has 0 spiro atoms. The minimum atomic E-state index is -1.21. The van der Waals surface area contributed by atoms with Gasteiger partial charge in [-0.2, -0.15) is 0 Å². The van der Waals surface area contributed by atoms with Crippen molar-refractivity contribution in [2.75, 3.05) is 13.2 Å². The molecular weight excluding hydrogens is 450 g/mol. The van der Waals surface area contributed by atoms with Crippen molar-refractivity contribution in [2.24, 2.45) is 0 Å². The van der Waals surface area contributed by atoms with Gasteiger partial charge in [0.1, 0.15) is 17.1 Å². The van der Waals surface area contributed by atoms with E-state index in [1.807, 2.05) is 13.8 Å². The molecule has 0 bridgehead atoms. The van der Waals surface area contributed by atoms with E-state index in [9.17, 15) is 24.6 Å². The van der Waals surface area contributed by atoms with Crippen LogP contribution in [-0.4, -0.2) is 41.3 Å². The third-order valence-corrected chi connectivity index (χ3v) is 5.75. The lowest BCUT2D eigenvalue weighted by Crippen LogP contribution is -2.27. The number of hydrogen-bond donors (Lipinski definition) is 3. The highest BCUT2D eigenvalue weighted by molar-refractivity contribution is 6.09. The van der Waals surface area contributed by atoms with E-state index in [2.05, 4.69) is 5.32 Å². The Bertz CT molecular complexity index is 1440. The van der Waals surface area contributed by atoms with Crippen LogP contribution in [0.2, 0.25) is 0 Å². The third-order valence-electron chi connectivity index (χ3n) is 5.75. The Hall–Kier alpha value is -4.17. The number of carbonyl (C=O) groups excluding carboxylic acids is 1. The molecule has 1 unspecified atom stereocenters. The van der Waals surface area contributed by atoms with Gasteiger partial charge in [0.25, 0.3) is 5.91 Å². The lowest BCUT2D eigenvalue weighted by Gasteiger charge is -2.17. The van der Waals surface area contributed by atoms with Crippen molar-refractivity contribution < 1.29 is 29.0 Å². The van der Waals surface area contributed by atoms with Crippen LogP contribution in [0.5, 0.6) is 5.75 Å². The molecular formula is C27H25NO7. The Labute approximate surface area is 201 Å². The maximum absolute atomic E-state index is 12.7. The van der Waals surface area contributed by atoms with Gasteiger partial charge in [-0.1, -0.05) is 6.07 Å². The van der Waals surface area contributed by atoms with Crippen LogP contribution >= 0.6 is 0 Å². The molecule has 0 aromatic heterocycles. The van der Waals surface area contributed by atoms with E-state index in [1.54, 1.807) is 24.3 Å². The number of fused-ring (bicyclic) bond motifs is 2. The number of carboxylic acids is 1. The molecule has 8 nitrogen and oxygen atoms in total. The summed E-state index contributed by atoms with van der Waals surface area (Å²) in [5, 5.41) is 23.3. The second kappa shape index (κ2) is 9.99. The normalized spacial score (nSPS) is 12.1. The molecule has 3 N–H and O–H groups in total. The molecule has 1 heterocycles. The van der Waals surface area contributed by atoms with Gasteiger partial charge in [0.15, 0.2) is 5.43 Å². The van der Waals surface area contributed by atoms with Crippen LogP contribution in [0.1, 0.15) is 41.0 Å². The second-order valence-electron chi connectivity index (χ2n) is 8.19. The Morgan fingerprint density at radius 3 is 2.57 bits per heavy atom. The van der Waals surface area contributed by atoms with E-state index in [4.69, 9.17) is 9.15 Å². The number of benzene rings is 3. The average Bonchev–Trinajstić information content (AvgIpc) is 2.82. The number of phenolic OH excluding ortho intramolecular Hbond substituents is 1. The molecule has 2 aromatic carbocycles. The van der Waals surface area contributed by atoms with Gasteiger partial charge < -0.3 is 24.7 Å². The number of carboxylic acid groups (broad SMARTS) is 1. The van der Waals surface area contributed by atoms with Crippen molar-refractivity contribution in [3.05, 3.63) is 75.9 Å². The molecule has 4 rings (SSSR count). The third kappa shape index (κ3) is 5.02. The zero-order valence-electron chi connectivity index (χ0n) is 19.3. The fraction of sp³-hybridized carbons (Fsp3) is 0.222. The summed E-state index contributed by atoms with van der Waals surface area (Å²) >= 11 is 0. The lowest BCUT2D eigenvalue weighted by atomic mass is 9.90. The van der Waals surface area contributed by atoms with Crippen molar-refractivity contribution in [3.8, 4) is 28.2 Å². The molecule has 1 atom stereocenters. The molecule has 0 saturated carbocycles. The molecule has 2 aliphatic rings. The first-order valence-corrected chi connectivity index (χ1v) is 11.3. The van der Waals surface area contributed by atoms with E-state index in [-0.39, 0.29) is 40.1 Å². The maximum Gasteiger partial charge on any atom is 0.336 e. The van der Waals surface area contributed by atoms with Crippen LogP contribution < -0.4 is 10.7 Å². The zero-order valence-corrected chi connectivity index (χ0v) is 19.3. The van der Waals surface area contributed by atoms with E-state index in [0.29, 0.717) is 47.2 Å². The molecule has 180 valence electrons. The van der Waals surface area contributed by atoms with Crippen LogP contribution in [0.3, 0.4) is 0 Å². The highest BCUT2D eigenvalue weighted by Gasteiger charge is 2.23. The maximum atomic E-state index is 12.7. The Kier molecular flexibility index (Phi) is 6.84. The first kappa shape index (κ1) is 24.0. The predicted molar refractivity (Wildman–Crippen MR) is 131 cm³/mol. The van der Waals surface area contributed by atoms with Crippen molar-refractivity contribution >= 4 is 22.8 Å². The SMILES string of the molecule is CCOC(C)CCNC(=O)c1ccc(-c2c3ccc(=O)cc-3oc3cc(O)ccc23)c(C(=O)O)c1. The summed E-state index contributed by atoms with van der Waals surface area (Å²) in [6.07, 6.45) is 0.625. The van der Waals surface area contributed by atoms with Crippen LogP contribution in [0.4, 0.5) is 0 Å². The number of hydrogen-bond acceptors (Lipinski definition) is 6. The molecule has 0 saturated heterocycles. The summed E-state index contributed by atoms with van der Waals surface area (Å²) in [6.45, 7) is 4.80. The quantitative estimate of drug-likeness (QED) is 0.320. The highest BCUT2D eigenvalue weighted by Crippen LogP contribution is 2.42. The van der Waals surface area contributed by atoms with Crippen LogP contribution in [-0.2, 0) is 4.74 Å². The van der Waals surface area contributed by atoms with Gasteiger partial charge in [-0.15, -0.1) is 0 Å². The predicted octanol–water partition coefficient (Wildman–Crippen LogP) is 4.51. The number of rotatable bonds is 8. The largest absolute Gasteiger partial charge is 0.508 e. The number of ether oxygens (including phenoxy) is 1. The van der Waals surface area contributed by atoms with Gasteiger partial charge in [-0.25, -0.2) is 4.79 Å². The number of carbonyl (C=O) groups is 2. The zero-order chi connectivity index (χ0) is 25.1. The lowest BCUT2D eigenvalue weighted by molar-refractivity contribution is 0.0689. The highest BCUT2D eigenvalue weighted by atomic mass is 16.5. The standard InChI is InChI=1S/C27H25NO7/c1-3-34-15(2)10-11-28-26(31)16-4-7-19(22(12-16)27(32)33)25-20-8-5-17(29)13-23(20)35-24-14-18(30)6-9-21(24)25/h4-9,12-15,29H,3,10-11H2,1-2H3,(H,28,31)(H,32,33). The van der Waals surface area contributed by atoms with E-state index < -0.39 is 5.97 Å². The van der Waals surface area contributed by atoms with Crippen molar-refractivity contribution in [2.45, 2.75) is 26.4 Å². The molecule has 35 heavy (non-hydrogen) atoms. The van der Waals surface area contributed by atoms with Gasteiger partial charge in [0.05, 0.1) is 11.7 Å². The monoisotopic (exact) mass is 475 g/mol. The van der Waals surface area contributed by atoms with Gasteiger partial charge >= 0.3 is 5.97 Å². The van der Waals surface area contributed by atoms with E-state index in [1.165, 1.54) is 30.3 Å². The summed E-state index contributed by atoms with van der Waals surface area (Å²) in [5.41, 5.74) is 1.57. The molecule has 1 aliphatic heterocycles. The number of nitrogens with one attached hydrogen (secondary N) is 1. The minimum Gasteiger partial charge on any atom is -0.508 e. The van der Waals surface area contributed by atoms with Crippen LogP contribution in [0.25, 0.3) is 33.4 Å². The molecule has 2 aromatic rings. The molecule has 0 fully saturated rings. The molecule has 1 aliphatic carbocycles. The van der Waals surface area contributed by atoms with Gasteiger partial charge in [0.2, 0.25) is 0 Å². The number of aromatic hydroxyl groups is 1. The van der Waals surface area contributed by atoms with Crippen molar-refractivity contribution in [1.82, 2.24) is 5.32 Å². The van der Waals surface area contributed by atoms with Crippen molar-refractivity contribution in [1.29, 1.82) is 0 Å². The van der Waals surface area contributed by atoms with Gasteiger partial charge in [0, 0.05) is 47.4 Å². The Morgan fingerprint density at radius 2 is 1.83 bits per heavy atom. The van der Waals surface area contributed by atoms with E-state index >= 15 is 0 Å². The number of phenols is 1.